The van der Waals surface area contributed by atoms with Crippen LogP contribution in [-0.4, -0.2) is 53.5 Å². The van der Waals surface area contributed by atoms with Gasteiger partial charge in [-0.15, -0.1) is 0 Å². The fourth-order valence-corrected chi connectivity index (χ4v) is 4.37. The molecular weight excluding hydrogens is 530 g/mol. The molecule has 0 aliphatic carbocycles. The number of benzene rings is 2. The molecule has 0 amide bonds. The molecule has 7 nitrogen and oxygen atoms in total. The molecule has 1 aromatic heterocycles. The van der Waals surface area contributed by atoms with E-state index in [1.807, 2.05) is 54.2 Å². The Labute approximate surface area is 221 Å². The van der Waals surface area contributed by atoms with Crippen LogP contribution in [0.5, 0.6) is 0 Å². The van der Waals surface area contributed by atoms with Crippen LogP contribution in [0.4, 0.5) is 26.3 Å². The molecule has 212 valence electrons. The first-order valence-electron chi connectivity index (χ1n) is 12.1. The van der Waals surface area contributed by atoms with Gasteiger partial charge in [-0.25, -0.2) is 0 Å². The van der Waals surface area contributed by atoms with Gasteiger partial charge in [0.05, 0.1) is 43.0 Å². The Morgan fingerprint density at radius 3 is 2.26 bits per heavy atom. The van der Waals surface area contributed by atoms with Crippen molar-refractivity contribution >= 4 is 0 Å². The van der Waals surface area contributed by atoms with Gasteiger partial charge in [-0.3, -0.25) is 4.90 Å². The maximum atomic E-state index is 13.4. The highest BCUT2D eigenvalue weighted by atomic mass is 19.4. The maximum absolute atomic E-state index is 13.4. The Balaban J connectivity index is 1.62. The third-order valence-corrected chi connectivity index (χ3v) is 6.18. The van der Waals surface area contributed by atoms with E-state index in [9.17, 15) is 26.3 Å². The van der Waals surface area contributed by atoms with E-state index < -0.39 is 41.9 Å². The number of alkyl halides is 6. The lowest BCUT2D eigenvalue weighted by atomic mass is 10.0. The van der Waals surface area contributed by atoms with E-state index in [1.165, 1.54) is 6.92 Å². The summed E-state index contributed by atoms with van der Waals surface area (Å²) in [7, 11) is 3.74. The summed E-state index contributed by atoms with van der Waals surface area (Å²) in [5.74, 6) is 0.861. The molecule has 0 N–H and O–H groups in total. The second-order valence-electron chi connectivity index (χ2n) is 9.52. The summed E-state index contributed by atoms with van der Waals surface area (Å²) >= 11 is 0. The Hall–Kier alpha value is -3.00. The van der Waals surface area contributed by atoms with Crippen molar-refractivity contribution in [3.63, 3.8) is 0 Å². The third kappa shape index (κ3) is 7.35. The lowest BCUT2D eigenvalue weighted by Crippen LogP contribution is -2.46. The van der Waals surface area contributed by atoms with Crippen LogP contribution in [0.1, 0.15) is 53.0 Å². The summed E-state index contributed by atoms with van der Waals surface area (Å²) in [6.07, 6.45) is -12.1. The molecule has 0 saturated carbocycles. The number of rotatable bonds is 8. The number of hydrogen-bond donors (Lipinski definition) is 0. The summed E-state index contributed by atoms with van der Waals surface area (Å²) in [6, 6.07) is 10.00. The van der Waals surface area contributed by atoms with Gasteiger partial charge in [0.2, 0.25) is 5.89 Å². The maximum Gasteiger partial charge on any atom is 0.416 e. The zero-order chi connectivity index (χ0) is 28.4. The van der Waals surface area contributed by atoms with E-state index in [2.05, 4.69) is 10.1 Å². The summed E-state index contributed by atoms with van der Waals surface area (Å²) < 4.78 is 97.8. The minimum atomic E-state index is -4.96. The van der Waals surface area contributed by atoms with Crippen LogP contribution in [0.15, 0.2) is 53.1 Å². The molecule has 1 unspecified atom stereocenters. The molecule has 3 atom stereocenters. The van der Waals surface area contributed by atoms with E-state index in [1.54, 1.807) is 0 Å². The SMILES string of the molecule is CC(O[C@H]1OCCN(Cc2nc(CN(C)C)no2)[C@H]1c1ccccc1)c1cc(C(F)(F)F)cc(C(F)(F)F)c1. The van der Waals surface area contributed by atoms with Crippen LogP contribution in [0.3, 0.4) is 0 Å². The third-order valence-electron chi connectivity index (χ3n) is 6.18. The van der Waals surface area contributed by atoms with Crippen LogP contribution < -0.4 is 0 Å². The average Bonchev–Trinajstić information content (AvgIpc) is 3.29. The molecule has 0 spiro atoms. The second kappa shape index (κ2) is 11.6. The van der Waals surface area contributed by atoms with Crippen molar-refractivity contribution in [3.8, 4) is 0 Å². The largest absolute Gasteiger partial charge is 0.416 e. The molecule has 13 heteroatoms. The molecule has 0 bridgehead atoms. The molecule has 1 saturated heterocycles. The minimum absolute atomic E-state index is 0.0940. The Morgan fingerprint density at radius 2 is 1.67 bits per heavy atom. The Morgan fingerprint density at radius 1 is 1.03 bits per heavy atom. The van der Waals surface area contributed by atoms with Gasteiger partial charge < -0.3 is 18.9 Å². The highest BCUT2D eigenvalue weighted by Crippen LogP contribution is 2.39. The lowest BCUT2D eigenvalue weighted by molar-refractivity contribution is -0.231. The van der Waals surface area contributed by atoms with Crippen molar-refractivity contribution in [1.29, 1.82) is 0 Å². The van der Waals surface area contributed by atoms with Crippen molar-refractivity contribution in [2.45, 2.75) is 50.8 Å². The molecule has 1 aliphatic heterocycles. The quantitative estimate of drug-likeness (QED) is 0.322. The summed E-state index contributed by atoms with van der Waals surface area (Å²) in [6.45, 7) is 2.76. The average molecular weight is 559 g/mol. The van der Waals surface area contributed by atoms with Gasteiger partial charge in [-0.05, 0) is 50.3 Å². The summed E-state index contributed by atoms with van der Waals surface area (Å²) in [5.41, 5.74) is -2.30. The Bertz CT molecular complexity index is 1200. The second-order valence-corrected chi connectivity index (χ2v) is 9.52. The first kappa shape index (κ1) is 29.0. The summed E-state index contributed by atoms with van der Waals surface area (Å²) in [5, 5.41) is 3.98. The smallest absolute Gasteiger partial charge is 0.349 e. The van der Waals surface area contributed by atoms with Crippen molar-refractivity contribution in [1.82, 2.24) is 19.9 Å². The van der Waals surface area contributed by atoms with Gasteiger partial charge >= 0.3 is 12.4 Å². The van der Waals surface area contributed by atoms with Crippen LogP contribution in [0.2, 0.25) is 0 Å². The van der Waals surface area contributed by atoms with Gasteiger partial charge in [0.15, 0.2) is 12.1 Å². The first-order valence-corrected chi connectivity index (χ1v) is 12.1. The molecular formula is C26H28F6N4O3. The van der Waals surface area contributed by atoms with E-state index in [0.29, 0.717) is 36.9 Å². The van der Waals surface area contributed by atoms with E-state index in [4.69, 9.17) is 14.0 Å². The molecule has 1 fully saturated rings. The fourth-order valence-electron chi connectivity index (χ4n) is 4.37. The van der Waals surface area contributed by atoms with Crippen molar-refractivity contribution in [2.75, 3.05) is 27.2 Å². The molecule has 0 radical (unpaired) electrons. The number of aromatic nitrogens is 2. The summed E-state index contributed by atoms with van der Waals surface area (Å²) in [4.78, 5) is 8.27. The Kier molecular flexibility index (Phi) is 8.64. The molecule has 1 aliphatic rings. The molecule has 39 heavy (non-hydrogen) atoms. The molecule has 2 aromatic carbocycles. The molecule has 2 heterocycles. The van der Waals surface area contributed by atoms with Gasteiger partial charge in [-0.1, -0.05) is 35.5 Å². The zero-order valence-electron chi connectivity index (χ0n) is 21.5. The van der Waals surface area contributed by atoms with Gasteiger partial charge in [0, 0.05) is 6.54 Å². The zero-order valence-corrected chi connectivity index (χ0v) is 21.5. The lowest BCUT2D eigenvalue weighted by Gasteiger charge is -2.41. The predicted molar refractivity (Wildman–Crippen MR) is 127 cm³/mol. The number of ether oxygens (including phenoxy) is 2. The minimum Gasteiger partial charge on any atom is -0.349 e. The van der Waals surface area contributed by atoms with Gasteiger partial charge in [0.25, 0.3) is 0 Å². The first-order chi connectivity index (χ1) is 18.3. The van der Waals surface area contributed by atoms with Crippen LogP contribution in [0, 0.1) is 0 Å². The standard InChI is InChI=1S/C26H28F6N4O3/c1-16(18-11-19(25(27,28)29)13-20(12-18)26(30,31)32)38-24-23(17-7-5-4-6-8-17)36(9-10-37-24)15-22-33-21(34-39-22)14-35(2)3/h4-8,11-13,16,23-24H,9-10,14-15H2,1-3H3/t16?,23-,24+/m0/s1. The van der Waals surface area contributed by atoms with Crippen LogP contribution >= 0.6 is 0 Å². The van der Waals surface area contributed by atoms with Crippen molar-refractivity contribution < 1.29 is 40.3 Å². The van der Waals surface area contributed by atoms with Crippen LogP contribution in [-0.2, 0) is 34.9 Å². The number of hydrogen-bond acceptors (Lipinski definition) is 7. The molecule has 4 rings (SSSR count). The van der Waals surface area contributed by atoms with E-state index >= 15 is 0 Å². The highest BCUT2D eigenvalue weighted by Gasteiger charge is 2.39. The monoisotopic (exact) mass is 558 g/mol. The van der Waals surface area contributed by atoms with Crippen molar-refractivity contribution in [3.05, 3.63) is 82.5 Å². The fraction of sp³-hybridized carbons (Fsp3) is 0.462. The van der Waals surface area contributed by atoms with Gasteiger partial charge in [-0.2, -0.15) is 31.3 Å². The van der Waals surface area contributed by atoms with Crippen molar-refractivity contribution in [2.24, 2.45) is 0 Å². The highest BCUT2D eigenvalue weighted by molar-refractivity contribution is 5.34. The van der Waals surface area contributed by atoms with E-state index in [0.717, 1.165) is 5.56 Å². The predicted octanol–water partition coefficient (Wildman–Crippen LogP) is 5.85. The van der Waals surface area contributed by atoms with Gasteiger partial charge in [0.1, 0.15) is 0 Å². The van der Waals surface area contributed by atoms with E-state index in [-0.39, 0.29) is 24.8 Å². The number of nitrogens with zero attached hydrogens (tertiary/aromatic N) is 4. The number of morpholine rings is 1. The molecule has 3 aromatic rings. The van der Waals surface area contributed by atoms with Crippen LogP contribution in [0.25, 0.3) is 0 Å². The normalized spacial score (nSPS) is 19.9. The number of halogens is 6. The topological polar surface area (TPSA) is 63.9 Å².